The predicted molar refractivity (Wildman–Crippen MR) is 66.8 cm³/mol. The van der Waals surface area contributed by atoms with Gasteiger partial charge in [0.15, 0.2) is 0 Å². The Morgan fingerprint density at radius 1 is 1.44 bits per heavy atom. The minimum Gasteiger partial charge on any atom is -0.467 e. The van der Waals surface area contributed by atoms with Gasteiger partial charge in [-0.05, 0) is 25.0 Å². The van der Waals surface area contributed by atoms with Crippen LogP contribution in [0.3, 0.4) is 0 Å². The third-order valence-corrected chi connectivity index (χ3v) is 3.53. The lowest BCUT2D eigenvalue weighted by molar-refractivity contribution is -0.120. The number of carbonyl (C=O) groups excluding carboxylic acids is 1. The van der Waals surface area contributed by atoms with Gasteiger partial charge in [0.2, 0.25) is 5.91 Å². The number of nitrogens with one attached hydrogen (secondary N) is 2. The van der Waals surface area contributed by atoms with Crippen LogP contribution in [-0.2, 0) is 11.3 Å². The molecule has 0 radical (unpaired) electrons. The predicted octanol–water partition coefficient (Wildman–Crippen LogP) is 0.790. The van der Waals surface area contributed by atoms with Crippen molar-refractivity contribution in [1.29, 1.82) is 0 Å². The number of hydrogen-bond acceptors (Lipinski definition) is 4. The molecule has 1 heterocycles. The van der Waals surface area contributed by atoms with Gasteiger partial charge < -0.3 is 20.2 Å². The maximum Gasteiger partial charge on any atom is 0.234 e. The van der Waals surface area contributed by atoms with Crippen molar-refractivity contribution in [2.24, 2.45) is 0 Å². The molecule has 3 N–H and O–H groups in total. The number of aliphatic hydroxyl groups is 1. The van der Waals surface area contributed by atoms with Gasteiger partial charge in [-0.1, -0.05) is 12.8 Å². The lowest BCUT2D eigenvalue weighted by Gasteiger charge is -2.27. The standard InChI is InChI=1S/C13H20N2O3/c16-10-13(5-1-2-6-13)15-9-12(17)14-8-11-4-3-7-18-11/h3-4,7,15-16H,1-2,5-6,8-10H2,(H,14,17). The molecule has 0 unspecified atom stereocenters. The zero-order valence-corrected chi connectivity index (χ0v) is 10.4. The van der Waals surface area contributed by atoms with Crippen molar-refractivity contribution in [2.75, 3.05) is 13.2 Å². The van der Waals surface area contributed by atoms with Crippen LogP contribution in [0.25, 0.3) is 0 Å². The quantitative estimate of drug-likeness (QED) is 0.700. The van der Waals surface area contributed by atoms with Gasteiger partial charge in [-0.3, -0.25) is 4.79 Å². The zero-order valence-electron chi connectivity index (χ0n) is 10.4. The smallest absolute Gasteiger partial charge is 0.234 e. The number of rotatable bonds is 6. The van der Waals surface area contributed by atoms with Crippen molar-refractivity contribution in [3.05, 3.63) is 24.2 Å². The second-order valence-corrected chi connectivity index (χ2v) is 4.86. The van der Waals surface area contributed by atoms with E-state index in [1.807, 2.05) is 6.07 Å². The van der Waals surface area contributed by atoms with E-state index < -0.39 is 0 Å². The van der Waals surface area contributed by atoms with Crippen LogP contribution in [-0.4, -0.2) is 29.7 Å². The number of aliphatic hydroxyl groups excluding tert-OH is 1. The number of amides is 1. The fourth-order valence-corrected chi connectivity index (χ4v) is 2.37. The molecule has 0 aliphatic heterocycles. The molecule has 2 rings (SSSR count). The molecular weight excluding hydrogens is 232 g/mol. The van der Waals surface area contributed by atoms with Gasteiger partial charge >= 0.3 is 0 Å². The molecule has 1 aliphatic carbocycles. The fraction of sp³-hybridized carbons (Fsp3) is 0.615. The molecule has 18 heavy (non-hydrogen) atoms. The third-order valence-electron chi connectivity index (χ3n) is 3.53. The molecule has 1 amide bonds. The van der Waals surface area contributed by atoms with Gasteiger partial charge in [0.1, 0.15) is 5.76 Å². The van der Waals surface area contributed by atoms with Crippen LogP contribution >= 0.6 is 0 Å². The molecule has 5 heteroatoms. The van der Waals surface area contributed by atoms with Gasteiger partial charge in [0.25, 0.3) is 0 Å². The van der Waals surface area contributed by atoms with Crippen molar-refractivity contribution >= 4 is 5.91 Å². The van der Waals surface area contributed by atoms with Crippen molar-refractivity contribution in [2.45, 2.75) is 37.8 Å². The Hall–Kier alpha value is -1.33. The summed E-state index contributed by atoms with van der Waals surface area (Å²) in [5, 5.41) is 15.4. The summed E-state index contributed by atoms with van der Waals surface area (Å²) in [5.41, 5.74) is -0.248. The first-order chi connectivity index (χ1) is 8.74. The van der Waals surface area contributed by atoms with Crippen LogP contribution in [0.5, 0.6) is 0 Å². The van der Waals surface area contributed by atoms with E-state index in [2.05, 4.69) is 10.6 Å². The van der Waals surface area contributed by atoms with E-state index in [0.717, 1.165) is 31.4 Å². The summed E-state index contributed by atoms with van der Waals surface area (Å²) in [4.78, 5) is 11.7. The second-order valence-electron chi connectivity index (χ2n) is 4.86. The highest BCUT2D eigenvalue weighted by Crippen LogP contribution is 2.28. The van der Waals surface area contributed by atoms with Gasteiger partial charge in [-0.2, -0.15) is 0 Å². The van der Waals surface area contributed by atoms with E-state index in [1.54, 1.807) is 12.3 Å². The van der Waals surface area contributed by atoms with Gasteiger partial charge in [-0.15, -0.1) is 0 Å². The molecule has 0 bridgehead atoms. The molecule has 0 atom stereocenters. The minimum absolute atomic E-state index is 0.0777. The summed E-state index contributed by atoms with van der Waals surface area (Å²) in [5.74, 6) is 0.659. The highest BCUT2D eigenvalue weighted by molar-refractivity contribution is 5.78. The van der Waals surface area contributed by atoms with E-state index in [1.165, 1.54) is 0 Å². The van der Waals surface area contributed by atoms with Crippen LogP contribution in [0.4, 0.5) is 0 Å². The van der Waals surface area contributed by atoms with Crippen LogP contribution in [0, 0.1) is 0 Å². The molecule has 1 saturated carbocycles. The second kappa shape index (κ2) is 6.02. The van der Waals surface area contributed by atoms with Gasteiger partial charge in [-0.25, -0.2) is 0 Å². The van der Waals surface area contributed by atoms with Crippen LogP contribution in [0.2, 0.25) is 0 Å². The van der Waals surface area contributed by atoms with Crippen molar-refractivity contribution in [1.82, 2.24) is 10.6 Å². The average molecular weight is 252 g/mol. The molecule has 0 spiro atoms. The first-order valence-corrected chi connectivity index (χ1v) is 6.39. The highest BCUT2D eigenvalue weighted by atomic mass is 16.3. The summed E-state index contributed by atoms with van der Waals surface area (Å²) in [6.07, 6.45) is 5.69. The van der Waals surface area contributed by atoms with E-state index in [4.69, 9.17) is 4.42 Å². The molecule has 1 aliphatic rings. The maximum atomic E-state index is 11.7. The van der Waals surface area contributed by atoms with Crippen LogP contribution in [0.1, 0.15) is 31.4 Å². The molecule has 100 valence electrons. The Labute approximate surface area is 107 Å². The van der Waals surface area contributed by atoms with E-state index in [0.29, 0.717) is 6.54 Å². The van der Waals surface area contributed by atoms with Gasteiger partial charge in [0.05, 0.1) is 26.0 Å². The topological polar surface area (TPSA) is 74.5 Å². The summed E-state index contributed by atoms with van der Waals surface area (Å²) in [6.45, 7) is 0.735. The molecule has 0 saturated heterocycles. The zero-order chi connectivity index (χ0) is 12.8. The molecule has 1 aromatic rings. The van der Waals surface area contributed by atoms with E-state index in [-0.39, 0.29) is 24.6 Å². The monoisotopic (exact) mass is 252 g/mol. The molecule has 5 nitrogen and oxygen atoms in total. The fourth-order valence-electron chi connectivity index (χ4n) is 2.37. The Balaban J connectivity index is 1.71. The molecule has 1 fully saturated rings. The number of hydrogen-bond donors (Lipinski definition) is 3. The van der Waals surface area contributed by atoms with Crippen molar-refractivity contribution < 1.29 is 14.3 Å². The largest absolute Gasteiger partial charge is 0.467 e. The van der Waals surface area contributed by atoms with E-state index >= 15 is 0 Å². The molecule has 1 aromatic heterocycles. The first kappa shape index (κ1) is 13.1. The number of furan rings is 1. The minimum atomic E-state index is -0.248. The van der Waals surface area contributed by atoms with Crippen LogP contribution < -0.4 is 10.6 Å². The highest BCUT2D eigenvalue weighted by Gasteiger charge is 2.32. The first-order valence-electron chi connectivity index (χ1n) is 6.39. The lowest BCUT2D eigenvalue weighted by Crippen LogP contribution is -2.50. The summed E-state index contributed by atoms with van der Waals surface area (Å²) in [7, 11) is 0. The lowest BCUT2D eigenvalue weighted by atomic mass is 9.99. The summed E-state index contributed by atoms with van der Waals surface area (Å²) >= 11 is 0. The average Bonchev–Trinajstić information content (AvgIpc) is 3.06. The molecule has 0 aromatic carbocycles. The summed E-state index contributed by atoms with van der Waals surface area (Å²) < 4.78 is 5.13. The normalized spacial score (nSPS) is 17.8. The van der Waals surface area contributed by atoms with Gasteiger partial charge in [0, 0.05) is 5.54 Å². The Morgan fingerprint density at radius 3 is 2.83 bits per heavy atom. The van der Waals surface area contributed by atoms with E-state index in [9.17, 15) is 9.90 Å². The van der Waals surface area contributed by atoms with Crippen molar-refractivity contribution in [3.63, 3.8) is 0 Å². The Bertz CT molecular complexity index is 370. The van der Waals surface area contributed by atoms with Crippen LogP contribution in [0.15, 0.2) is 22.8 Å². The SMILES string of the molecule is O=C(CNC1(CO)CCCC1)NCc1ccco1. The Morgan fingerprint density at radius 2 is 2.22 bits per heavy atom. The number of carbonyl (C=O) groups is 1. The molecular formula is C13H20N2O3. The van der Waals surface area contributed by atoms with Crippen molar-refractivity contribution in [3.8, 4) is 0 Å². The Kier molecular flexibility index (Phi) is 4.38. The summed E-state index contributed by atoms with van der Waals surface area (Å²) in [6, 6.07) is 3.61. The third kappa shape index (κ3) is 3.34. The maximum absolute atomic E-state index is 11.7.